The summed E-state index contributed by atoms with van der Waals surface area (Å²) in [6.07, 6.45) is 1.48. The number of hydrogen-bond acceptors (Lipinski definition) is 4. The molecule has 0 aliphatic carbocycles. The van der Waals surface area contributed by atoms with Crippen molar-refractivity contribution < 1.29 is 14.6 Å². The molecule has 1 heterocycles. The lowest BCUT2D eigenvalue weighted by atomic mass is 10.2. The molecule has 1 N–H and O–H groups in total. The molecule has 6 heteroatoms. The molecule has 6 nitrogen and oxygen atoms in total. The smallest absolute Gasteiger partial charge is 0.309 e. The first-order valence-corrected chi connectivity index (χ1v) is 5.41. The molecule has 0 aliphatic heterocycles. The zero-order chi connectivity index (χ0) is 13.0. The standard InChI is InChI=1S/C12H13N3O3/c1-18-8-9-4-2-3-5-11(9)15-7-10(13-14-15)6-12(16)17/h2-5,7H,6,8H2,1H3,(H,16,17). The van der Waals surface area contributed by atoms with Gasteiger partial charge in [0.2, 0.25) is 0 Å². The third-order valence-electron chi connectivity index (χ3n) is 2.41. The maximum atomic E-state index is 10.6. The van der Waals surface area contributed by atoms with Crippen LogP contribution < -0.4 is 0 Å². The second kappa shape index (κ2) is 5.42. The number of aliphatic carboxylic acids is 1. The van der Waals surface area contributed by atoms with E-state index in [9.17, 15) is 4.79 Å². The Bertz CT molecular complexity index is 551. The zero-order valence-electron chi connectivity index (χ0n) is 9.91. The fourth-order valence-electron chi connectivity index (χ4n) is 1.66. The Morgan fingerprint density at radius 1 is 1.44 bits per heavy atom. The highest BCUT2D eigenvalue weighted by Crippen LogP contribution is 2.14. The quantitative estimate of drug-likeness (QED) is 0.854. The molecular formula is C12H13N3O3. The van der Waals surface area contributed by atoms with E-state index in [1.165, 1.54) is 0 Å². The second-order valence-electron chi connectivity index (χ2n) is 3.79. The number of nitrogens with zero attached hydrogens (tertiary/aromatic N) is 3. The molecule has 0 atom stereocenters. The highest BCUT2D eigenvalue weighted by molar-refractivity contribution is 5.69. The van der Waals surface area contributed by atoms with Crippen molar-refractivity contribution in [2.45, 2.75) is 13.0 Å². The van der Waals surface area contributed by atoms with E-state index in [0.717, 1.165) is 11.3 Å². The van der Waals surface area contributed by atoms with E-state index in [4.69, 9.17) is 9.84 Å². The van der Waals surface area contributed by atoms with Crippen LogP contribution in [-0.2, 0) is 22.6 Å². The molecular weight excluding hydrogens is 234 g/mol. The molecule has 0 aliphatic rings. The van der Waals surface area contributed by atoms with Crippen molar-refractivity contribution >= 4 is 5.97 Å². The Morgan fingerprint density at radius 3 is 2.94 bits per heavy atom. The number of carbonyl (C=O) groups is 1. The van der Waals surface area contributed by atoms with Crippen molar-refractivity contribution in [3.05, 3.63) is 41.7 Å². The van der Waals surface area contributed by atoms with Gasteiger partial charge in [0.25, 0.3) is 0 Å². The van der Waals surface area contributed by atoms with Gasteiger partial charge in [-0.15, -0.1) is 5.10 Å². The summed E-state index contributed by atoms with van der Waals surface area (Å²) in [5.74, 6) is -0.924. The van der Waals surface area contributed by atoms with E-state index in [1.807, 2.05) is 24.3 Å². The third kappa shape index (κ3) is 2.72. The summed E-state index contributed by atoms with van der Waals surface area (Å²) >= 11 is 0. The van der Waals surface area contributed by atoms with Crippen molar-refractivity contribution in [3.63, 3.8) is 0 Å². The summed E-state index contributed by atoms with van der Waals surface area (Å²) in [7, 11) is 1.62. The van der Waals surface area contributed by atoms with Gasteiger partial charge in [0, 0.05) is 12.7 Å². The van der Waals surface area contributed by atoms with Crippen LogP contribution in [0.5, 0.6) is 0 Å². The van der Waals surface area contributed by atoms with E-state index in [1.54, 1.807) is 18.0 Å². The molecule has 0 amide bonds. The number of ether oxygens (including phenoxy) is 1. The van der Waals surface area contributed by atoms with Gasteiger partial charge in [0.05, 0.1) is 30.6 Å². The minimum absolute atomic E-state index is 0.132. The Balaban J connectivity index is 2.30. The molecule has 0 saturated carbocycles. The summed E-state index contributed by atoms with van der Waals surface area (Å²) in [6.45, 7) is 0.463. The minimum Gasteiger partial charge on any atom is -0.481 e. The number of rotatable bonds is 5. The van der Waals surface area contributed by atoms with E-state index in [-0.39, 0.29) is 6.42 Å². The number of hydrogen-bond donors (Lipinski definition) is 1. The summed E-state index contributed by atoms with van der Waals surface area (Å²) < 4.78 is 6.67. The van der Waals surface area contributed by atoms with Gasteiger partial charge in [-0.25, -0.2) is 4.68 Å². The van der Waals surface area contributed by atoms with Gasteiger partial charge in [-0.1, -0.05) is 23.4 Å². The zero-order valence-corrected chi connectivity index (χ0v) is 9.91. The van der Waals surface area contributed by atoms with Crippen LogP contribution in [0.2, 0.25) is 0 Å². The number of para-hydroxylation sites is 1. The number of carboxylic acid groups (broad SMARTS) is 1. The van der Waals surface area contributed by atoms with Gasteiger partial charge in [-0.3, -0.25) is 4.79 Å². The molecule has 0 unspecified atom stereocenters. The molecule has 0 bridgehead atoms. The molecule has 2 rings (SSSR count). The normalized spacial score (nSPS) is 10.5. The number of methoxy groups -OCH3 is 1. The first-order chi connectivity index (χ1) is 8.70. The van der Waals surface area contributed by atoms with Crippen molar-refractivity contribution in [3.8, 4) is 5.69 Å². The van der Waals surface area contributed by atoms with Crippen molar-refractivity contribution in [2.75, 3.05) is 7.11 Å². The van der Waals surface area contributed by atoms with Gasteiger partial charge in [0.1, 0.15) is 0 Å². The predicted molar refractivity (Wildman–Crippen MR) is 63.4 cm³/mol. The van der Waals surface area contributed by atoms with Crippen LogP contribution in [0.3, 0.4) is 0 Å². The highest BCUT2D eigenvalue weighted by atomic mass is 16.5. The Kier molecular flexibility index (Phi) is 3.69. The van der Waals surface area contributed by atoms with Crippen LogP contribution in [0, 0.1) is 0 Å². The second-order valence-corrected chi connectivity index (χ2v) is 3.79. The number of benzene rings is 1. The lowest BCUT2D eigenvalue weighted by molar-refractivity contribution is -0.136. The lowest BCUT2D eigenvalue weighted by Crippen LogP contribution is -2.01. The molecule has 0 radical (unpaired) electrons. The molecule has 1 aromatic carbocycles. The first-order valence-electron chi connectivity index (χ1n) is 5.41. The van der Waals surface area contributed by atoms with Gasteiger partial charge >= 0.3 is 5.97 Å². The number of aromatic nitrogens is 3. The number of carboxylic acids is 1. The fraction of sp³-hybridized carbons (Fsp3) is 0.250. The van der Waals surface area contributed by atoms with Crippen molar-refractivity contribution in [1.29, 1.82) is 0 Å². The molecule has 94 valence electrons. The Labute approximate surface area is 104 Å². The molecule has 18 heavy (non-hydrogen) atoms. The van der Waals surface area contributed by atoms with Gasteiger partial charge in [0.15, 0.2) is 0 Å². The summed E-state index contributed by atoms with van der Waals surface area (Å²) in [4.78, 5) is 10.6. The Morgan fingerprint density at radius 2 is 2.22 bits per heavy atom. The molecule has 0 fully saturated rings. The topological polar surface area (TPSA) is 77.2 Å². The van der Waals surface area contributed by atoms with Crippen LogP contribution >= 0.6 is 0 Å². The van der Waals surface area contributed by atoms with Crippen LogP contribution in [0.1, 0.15) is 11.3 Å². The van der Waals surface area contributed by atoms with Gasteiger partial charge < -0.3 is 9.84 Å². The first kappa shape index (κ1) is 12.3. The van der Waals surface area contributed by atoms with Crippen LogP contribution in [0.15, 0.2) is 30.5 Å². The predicted octanol–water partition coefficient (Wildman–Crippen LogP) is 1.04. The van der Waals surface area contributed by atoms with Crippen molar-refractivity contribution in [2.24, 2.45) is 0 Å². The van der Waals surface area contributed by atoms with Crippen LogP contribution in [0.4, 0.5) is 0 Å². The van der Waals surface area contributed by atoms with Gasteiger partial charge in [-0.05, 0) is 6.07 Å². The molecule has 2 aromatic rings. The Hall–Kier alpha value is -2.21. The van der Waals surface area contributed by atoms with E-state index >= 15 is 0 Å². The maximum absolute atomic E-state index is 10.6. The lowest BCUT2D eigenvalue weighted by Gasteiger charge is -2.07. The summed E-state index contributed by atoms with van der Waals surface area (Å²) in [5, 5.41) is 16.4. The monoisotopic (exact) mass is 247 g/mol. The van der Waals surface area contributed by atoms with E-state index in [2.05, 4.69) is 10.3 Å². The van der Waals surface area contributed by atoms with Crippen LogP contribution in [-0.4, -0.2) is 33.2 Å². The fourth-order valence-corrected chi connectivity index (χ4v) is 1.66. The summed E-state index contributed by atoms with van der Waals surface area (Å²) in [6, 6.07) is 7.60. The highest BCUT2D eigenvalue weighted by Gasteiger charge is 2.09. The maximum Gasteiger partial charge on any atom is 0.309 e. The third-order valence-corrected chi connectivity index (χ3v) is 2.41. The average Bonchev–Trinajstić information content (AvgIpc) is 2.77. The average molecular weight is 247 g/mol. The van der Waals surface area contributed by atoms with E-state index in [0.29, 0.717) is 12.3 Å². The molecule has 0 saturated heterocycles. The van der Waals surface area contributed by atoms with Crippen molar-refractivity contribution in [1.82, 2.24) is 15.0 Å². The molecule has 0 spiro atoms. The van der Waals surface area contributed by atoms with E-state index < -0.39 is 5.97 Å². The van der Waals surface area contributed by atoms with Gasteiger partial charge in [-0.2, -0.15) is 0 Å². The van der Waals surface area contributed by atoms with Crippen LogP contribution in [0.25, 0.3) is 5.69 Å². The molecule has 1 aromatic heterocycles. The largest absolute Gasteiger partial charge is 0.481 e. The SMILES string of the molecule is COCc1ccccc1-n1cc(CC(=O)O)nn1. The minimum atomic E-state index is -0.924. The summed E-state index contributed by atoms with van der Waals surface area (Å²) in [5.41, 5.74) is 2.23.